The lowest BCUT2D eigenvalue weighted by Crippen LogP contribution is -2.41. The molecule has 1 N–H and O–H groups in total. The molecule has 1 aromatic carbocycles. The van der Waals surface area contributed by atoms with Crippen LogP contribution in [0, 0.1) is 5.82 Å². The summed E-state index contributed by atoms with van der Waals surface area (Å²) in [5, 5.41) is 9.54. The first-order valence-electron chi connectivity index (χ1n) is 5.49. The highest BCUT2D eigenvalue weighted by molar-refractivity contribution is 5.77. The molecule has 0 saturated carbocycles. The largest absolute Gasteiger partial charge is 0.392 e. The second kappa shape index (κ2) is 4.38. The highest BCUT2D eigenvalue weighted by Gasteiger charge is 2.12. The number of hydrogen-bond acceptors (Lipinski definition) is 3. The second-order valence-electron chi connectivity index (χ2n) is 4.27. The summed E-state index contributed by atoms with van der Waals surface area (Å²) in [5.74, 6) is -0.509. The molecule has 6 heteroatoms. The van der Waals surface area contributed by atoms with Gasteiger partial charge in [0, 0.05) is 7.05 Å². The molecule has 0 saturated heterocycles. The predicted molar refractivity (Wildman–Crippen MR) is 65.1 cm³/mol. The standard InChI is InChI=1S/C12H13FN2O3/c1-7(16)6-15-11(17)9-4-3-8(13)5-10(9)14(2)12(15)18/h3-5,7,16H,6H2,1-2H3. The molecule has 0 radical (unpaired) electrons. The number of hydrogen-bond donors (Lipinski definition) is 1. The van der Waals surface area contributed by atoms with Gasteiger partial charge in [-0.1, -0.05) is 0 Å². The first-order valence-corrected chi connectivity index (χ1v) is 5.49. The molecule has 1 atom stereocenters. The van der Waals surface area contributed by atoms with Crippen molar-refractivity contribution in [2.45, 2.75) is 19.6 Å². The fraction of sp³-hybridized carbons (Fsp3) is 0.333. The van der Waals surface area contributed by atoms with Gasteiger partial charge in [-0.15, -0.1) is 0 Å². The molecule has 0 amide bonds. The van der Waals surface area contributed by atoms with Gasteiger partial charge in [0.25, 0.3) is 5.56 Å². The van der Waals surface area contributed by atoms with Crippen LogP contribution >= 0.6 is 0 Å². The number of rotatable bonds is 2. The summed E-state index contributed by atoms with van der Waals surface area (Å²) in [6, 6.07) is 3.65. The molecule has 0 aliphatic heterocycles. The highest BCUT2D eigenvalue weighted by atomic mass is 19.1. The smallest absolute Gasteiger partial charge is 0.331 e. The van der Waals surface area contributed by atoms with Crippen LogP contribution in [0.4, 0.5) is 4.39 Å². The van der Waals surface area contributed by atoms with E-state index in [1.165, 1.54) is 30.7 Å². The van der Waals surface area contributed by atoms with E-state index in [4.69, 9.17) is 0 Å². The average Bonchev–Trinajstić information content (AvgIpc) is 2.31. The SMILES string of the molecule is CC(O)Cn1c(=O)c2ccc(F)cc2n(C)c1=O. The van der Waals surface area contributed by atoms with Crippen LogP contribution in [0.1, 0.15) is 6.92 Å². The quantitative estimate of drug-likeness (QED) is 0.831. The van der Waals surface area contributed by atoms with E-state index in [2.05, 4.69) is 0 Å². The van der Waals surface area contributed by atoms with Gasteiger partial charge in [0.1, 0.15) is 5.82 Å². The van der Waals surface area contributed by atoms with Crippen LogP contribution in [-0.2, 0) is 13.6 Å². The normalized spacial score (nSPS) is 12.9. The molecular formula is C12H13FN2O3. The van der Waals surface area contributed by atoms with Crippen LogP contribution in [-0.4, -0.2) is 20.3 Å². The van der Waals surface area contributed by atoms with Crippen LogP contribution in [0.2, 0.25) is 0 Å². The Morgan fingerprint density at radius 1 is 1.39 bits per heavy atom. The summed E-state index contributed by atoms with van der Waals surface area (Å²) in [7, 11) is 1.46. The first-order chi connectivity index (χ1) is 8.41. The fourth-order valence-corrected chi connectivity index (χ4v) is 1.90. The van der Waals surface area contributed by atoms with E-state index in [1.807, 2.05) is 0 Å². The maximum absolute atomic E-state index is 13.1. The molecule has 96 valence electrons. The minimum Gasteiger partial charge on any atom is -0.392 e. The molecule has 18 heavy (non-hydrogen) atoms. The molecule has 0 aliphatic carbocycles. The lowest BCUT2D eigenvalue weighted by atomic mass is 10.2. The summed E-state index contributed by atoms with van der Waals surface area (Å²) in [6.07, 6.45) is -0.812. The van der Waals surface area contributed by atoms with Crippen LogP contribution < -0.4 is 11.2 Å². The highest BCUT2D eigenvalue weighted by Crippen LogP contribution is 2.09. The number of aliphatic hydroxyl groups is 1. The Hall–Kier alpha value is -1.95. The lowest BCUT2D eigenvalue weighted by molar-refractivity contribution is 0.170. The van der Waals surface area contributed by atoms with Gasteiger partial charge < -0.3 is 5.11 Å². The van der Waals surface area contributed by atoms with E-state index in [0.29, 0.717) is 0 Å². The first kappa shape index (κ1) is 12.5. The van der Waals surface area contributed by atoms with Crippen LogP contribution in [0.3, 0.4) is 0 Å². The number of halogens is 1. The van der Waals surface area contributed by atoms with Crippen molar-refractivity contribution in [2.24, 2.45) is 7.05 Å². The second-order valence-corrected chi connectivity index (χ2v) is 4.27. The third-order valence-electron chi connectivity index (χ3n) is 2.76. The van der Waals surface area contributed by atoms with Crippen molar-refractivity contribution in [1.29, 1.82) is 0 Å². The van der Waals surface area contributed by atoms with Gasteiger partial charge in [0.05, 0.1) is 23.6 Å². The van der Waals surface area contributed by atoms with E-state index in [0.717, 1.165) is 10.6 Å². The molecule has 2 rings (SSSR count). The Labute approximate surface area is 102 Å². The van der Waals surface area contributed by atoms with Gasteiger partial charge in [-0.25, -0.2) is 9.18 Å². The number of aryl methyl sites for hydroxylation is 1. The van der Waals surface area contributed by atoms with E-state index < -0.39 is 23.2 Å². The van der Waals surface area contributed by atoms with Crippen LogP contribution in [0.5, 0.6) is 0 Å². The van der Waals surface area contributed by atoms with E-state index in [-0.39, 0.29) is 17.4 Å². The molecule has 0 aliphatic rings. The zero-order chi connectivity index (χ0) is 13.4. The van der Waals surface area contributed by atoms with Gasteiger partial charge in [0.15, 0.2) is 0 Å². The van der Waals surface area contributed by atoms with Gasteiger partial charge in [-0.05, 0) is 25.1 Å². The zero-order valence-electron chi connectivity index (χ0n) is 10.1. The molecule has 2 aromatic rings. The summed E-state index contributed by atoms with van der Waals surface area (Å²) in [5.41, 5.74) is -0.847. The van der Waals surface area contributed by atoms with Crippen molar-refractivity contribution in [3.8, 4) is 0 Å². The zero-order valence-corrected chi connectivity index (χ0v) is 10.1. The van der Waals surface area contributed by atoms with E-state index in [9.17, 15) is 19.1 Å². The third kappa shape index (κ3) is 1.95. The van der Waals surface area contributed by atoms with Crippen molar-refractivity contribution in [1.82, 2.24) is 9.13 Å². The van der Waals surface area contributed by atoms with Gasteiger partial charge >= 0.3 is 5.69 Å². The van der Waals surface area contributed by atoms with Gasteiger partial charge in [-0.3, -0.25) is 13.9 Å². The molecule has 1 aromatic heterocycles. The summed E-state index contributed by atoms with van der Waals surface area (Å²) < 4.78 is 15.3. The Kier molecular flexibility index (Phi) is 3.04. The van der Waals surface area contributed by atoms with Crippen LogP contribution in [0.25, 0.3) is 10.9 Å². The van der Waals surface area contributed by atoms with Crippen molar-refractivity contribution >= 4 is 10.9 Å². The number of aliphatic hydroxyl groups excluding tert-OH is 1. The number of aromatic nitrogens is 2. The van der Waals surface area contributed by atoms with Crippen molar-refractivity contribution in [3.05, 3.63) is 44.9 Å². The fourth-order valence-electron chi connectivity index (χ4n) is 1.90. The van der Waals surface area contributed by atoms with E-state index in [1.54, 1.807) is 0 Å². The maximum atomic E-state index is 13.1. The molecule has 0 fully saturated rings. The molecule has 1 unspecified atom stereocenters. The molecule has 0 bridgehead atoms. The Morgan fingerprint density at radius 3 is 2.67 bits per heavy atom. The van der Waals surface area contributed by atoms with Gasteiger partial charge in [0.2, 0.25) is 0 Å². The number of nitrogens with zero attached hydrogens (tertiary/aromatic N) is 2. The summed E-state index contributed by atoms with van der Waals surface area (Å²) in [6.45, 7) is 1.40. The summed E-state index contributed by atoms with van der Waals surface area (Å²) >= 11 is 0. The third-order valence-corrected chi connectivity index (χ3v) is 2.76. The predicted octanol–water partition coefficient (Wildman–Crippen LogP) is 0.220. The van der Waals surface area contributed by atoms with Crippen molar-refractivity contribution in [2.75, 3.05) is 0 Å². The van der Waals surface area contributed by atoms with Crippen molar-refractivity contribution < 1.29 is 9.50 Å². The molecule has 5 nitrogen and oxygen atoms in total. The minimum absolute atomic E-state index is 0.0845. The summed E-state index contributed by atoms with van der Waals surface area (Å²) in [4.78, 5) is 24.0. The van der Waals surface area contributed by atoms with Crippen LogP contribution in [0.15, 0.2) is 27.8 Å². The van der Waals surface area contributed by atoms with Crippen molar-refractivity contribution in [3.63, 3.8) is 0 Å². The molecule has 0 spiro atoms. The van der Waals surface area contributed by atoms with Gasteiger partial charge in [-0.2, -0.15) is 0 Å². The molecule has 1 heterocycles. The minimum atomic E-state index is -0.812. The number of fused-ring (bicyclic) bond motifs is 1. The van der Waals surface area contributed by atoms with E-state index >= 15 is 0 Å². The monoisotopic (exact) mass is 252 g/mol. The molecular weight excluding hydrogens is 239 g/mol. The average molecular weight is 252 g/mol. The number of benzene rings is 1. The Balaban J connectivity index is 2.88. The Morgan fingerprint density at radius 2 is 2.06 bits per heavy atom. The topological polar surface area (TPSA) is 64.2 Å². The Bertz CT molecular complexity index is 716. The maximum Gasteiger partial charge on any atom is 0.331 e. The lowest BCUT2D eigenvalue weighted by Gasteiger charge is -2.11.